The molecule has 3 rings (SSSR count). The summed E-state index contributed by atoms with van der Waals surface area (Å²) in [5, 5.41) is 4.57. The molecule has 1 aliphatic rings. The number of halogens is 1. The highest BCUT2D eigenvalue weighted by molar-refractivity contribution is 7.22. The van der Waals surface area contributed by atoms with E-state index in [0.29, 0.717) is 17.3 Å². The second kappa shape index (κ2) is 8.41. The molecule has 142 valence electrons. The number of ether oxygens (including phenoxy) is 1. The molecule has 0 saturated carbocycles. The van der Waals surface area contributed by atoms with E-state index >= 15 is 0 Å². The molecule has 6 nitrogen and oxygen atoms in total. The summed E-state index contributed by atoms with van der Waals surface area (Å²) >= 11 is 7.87. The maximum absolute atomic E-state index is 11.6. The molecule has 0 atom stereocenters. The SMILES string of the molecule is COc1c(Cl)ccc2sc(N3CCN(CCNC(=O)C(C)C)CC3)nc12. The van der Waals surface area contributed by atoms with E-state index in [4.69, 9.17) is 21.3 Å². The van der Waals surface area contributed by atoms with E-state index in [1.807, 2.05) is 26.0 Å². The van der Waals surface area contributed by atoms with Gasteiger partial charge in [0.1, 0.15) is 5.52 Å². The fourth-order valence-corrected chi connectivity index (χ4v) is 4.21. The summed E-state index contributed by atoms with van der Waals surface area (Å²) in [4.78, 5) is 21.1. The standard InChI is InChI=1S/C18H25ClN4O2S/c1-12(2)17(24)20-6-7-22-8-10-23(11-9-22)18-21-15-14(26-18)5-4-13(19)16(15)25-3/h4-5,12H,6-11H2,1-3H3,(H,20,24). The number of carbonyl (C=O) groups is 1. The van der Waals surface area contributed by atoms with Gasteiger partial charge in [-0.3, -0.25) is 9.69 Å². The van der Waals surface area contributed by atoms with Crippen molar-refractivity contribution in [3.05, 3.63) is 17.2 Å². The first kappa shape index (κ1) is 19.2. The van der Waals surface area contributed by atoms with Crippen molar-refractivity contribution in [2.75, 3.05) is 51.3 Å². The Bertz CT molecular complexity index is 772. The topological polar surface area (TPSA) is 57.7 Å². The first-order valence-electron chi connectivity index (χ1n) is 8.87. The number of aromatic nitrogens is 1. The Morgan fingerprint density at radius 1 is 1.35 bits per heavy atom. The van der Waals surface area contributed by atoms with Crippen LogP contribution in [0.15, 0.2) is 12.1 Å². The minimum Gasteiger partial charge on any atom is -0.493 e. The number of anilines is 1. The molecule has 0 bridgehead atoms. The van der Waals surface area contributed by atoms with Gasteiger partial charge < -0.3 is 15.0 Å². The molecule has 0 spiro atoms. The van der Waals surface area contributed by atoms with E-state index in [-0.39, 0.29) is 11.8 Å². The van der Waals surface area contributed by atoms with Crippen LogP contribution in [0.3, 0.4) is 0 Å². The molecule has 0 radical (unpaired) electrons. The molecular formula is C18H25ClN4O2S. The Morgan fingerprint density at radius 2 is 2.08 bits per heavy atom. The largest absolute Gasteiger partial charge is 0.493 e. The normalized spacial score (nSPS) is 15.7. The van der Waals surface area contributed by atoms with Gasteiger partial charge >= 0.3 is 0 Å². The van der Waals surface area contributed by atoms with E-state index < -0.39 is 0 Å². The van der Waals surface area contributed by atoms with Gasteiger partial charge in [-0.15, -0.1) is 0 Å². The zero-order valence-corrected chi connectivity index (χ0v) is 17.0. The van der Waals surface area contributed by atoms with Crippen molar-refractivity contribution < 1.29 is 9.53 Å². The van der Waals surface area contributed by atoms with Crippen LogP contribution in [0.1, 0.15) is 13.8 Å². The first-order chi connectivity index (χ1) is 12.5. The summed E-state index contributed by atoms with van der Waals surface area (Å²) < 4.78 is 6.49. The molecule has 8 heteroatoms. The fourth-order valence-electron chi connectivity index (χ4n) is 2.97. The maximum Gasteiger partial charge on any atom is 0.222 e. The highest BCUT2D eigenvalue weighted by atomic mass is 35.5. The molecule has 1 aromatic heterocycles. The molecule has 0 aliphatic carbocycles. The number of amides is 1. The van der Waals surface area contributed by atoms with Crippen LogP contribution in [0.25, 0.3) is 10.2 Å². The third-order valence-electron chi connectivity index (χ3n) is 4.55. The lowest BCUT2D eigenvalue weighted by atomic mass is 10.2. The predicted molar refractivity (Wildman–Crippen MR) is 108 cm³/mol. The molecule has 26 heavy (non-hydrogen) atoms. The number of nitrogens with zero attached hydrogens (tertiary/aromatic N) is 3. The van der Waals surface area contributed by atoms with Crippen molar-refractivity contribution in [3.8, 4) is 5.75 Å². The molecule has 1 aromatic carbocycles. The van der Waals surface area contributed by atoms with Crippen LogP contribution in [0.4, 0.5) is 5.13 Å². The summed E-state index contributed by atoms with van der Waals surface area (Å²) in [5.41, 5.74) is 0.832. The van der Waals surface area contributed by atoms with Crippen LogP contribution in [0.5, 0.6) is 5.75 Å². The van der Waals surface area contributed by atoms with E-state index in [1.165, 1.54) is 0 Å². The summed E-state index contributed by atoms with van der Waals surface area (Å²) in [6, 6.07) is 3.85. The Labute approximate surface area is 163 Å². The molecule has 2 heterocycles. The molecule has 1 amide bonds. The molecule has 0 unspecified atom stereocenters. The first-order valence-corrected chi connectivity index (χ1v) is 10.1. The molecule has 1 aliphatic heterocycles. The van der Waals surface area contributed by atoms with Crippen molar-refractivity contribution in [3.63, 3.8) is 0 Å². The van der Waals surface area contributed by atoms with Gasteiger partial charge in [-0.05, 0) is 12.1 Å². The van der Waals surface area contributed by atoms with Gasteiger partial charge in [-0.2, -0.15) is 0 Å². The van der Waals surface area contributed by atoms with Gasteiger partial charge in [-0.25, -0.2) is 4.98 Å². The second-order valence-corrected chi connectivity index (χ2v) is 8.11. The Kier molecular flexibility index (Phi) is 6.21. The second-order valence-electron chi connectivity index (χ2n) is 6.70. The summed E-state index contributed by atoms with van der Waals surface area (Å²) in [6.45, 7) is 9.19. The van der Waals surface area contributed by atoms with E-state index in [2.05, 4.69) is 15.1 Å². The van der Waals surface area contributed by atoms with Gasteiger partial charge in [0.15, 0.2) is 10.9 Å². The smallest absolute Gasteiger partial charge is 0.222 e. The number of carbonyl (C=O) groups excluding carboxylic acids is 1. The number of thiazole rings is 1. The van der Waals surface area contributed by atoms with E-state index in [1.54, 1.807) is 18.4 Å². The van der Waals surface area contributed by atoms with Crippen molar-refractivity contribution in [2.24, 2.45) is 5.92 Å². The number of hydrogen-bond donors (Lipinski definition) is 1. The lowest BCUT2D eigenvalue weighted by Gasteiger charge is -2.34. The Morgan fingerprint density at radius 3 is 2.73 bits per heavy atom. The third kappa shape index (κ3) is 4.22. The van der Waals surface area contributed by atoms with Crippen molar-refractivity contribution in [1.29, 1.82) is 0 Å². The minimum atomic E-state index is 0.0383. The van der Waals surface area contributed by atoms with Gasteiger partial charge in [0.05, 0.1) is 16.8 Å². The average molecular weight is 397 g/mol. The molecular weight excluding hydrogens is 372 g/mol. The average Bonchev–Trinajstić information content (AvgIpc) is 3.06. The van der Waals surface area contributed by atoms with Crippen LogP contribution in [-0.2, 0) is 4.79 Å². The molecule has 1 fully saturated rings. The zero-order chi connectivity index (χ0) is 18.7. The fraction of sp³-hybridized carbons (Fsp3) is 0.556. The molecule has 2 aromatic rings. The van der Waals surface area contributed by atoms with Gasteiger partial charge in [-0.1, -0.05) is 36.8 Å². The Balaban J connectivity index is 1.57. The van der Waals surface area contributed by atoms with Crippen molar-refractivity contribution in [2.45, 2.75) is 13.8 Å². The lowest BCUT2D eigenvalue weighted by Crippen LogP contribution is -2.48. The highest BCUT2D eigenvalue weighted by Gasteiger charge is 2.21. The van der Waals surface area contributed by atoms with Gasteiger partial charge in [0.2, 0.25) is 5.91 Å². The van der Waals surface area contributed by atoms with Crippen LogP contribution in [-0.4, -0.2) is 62.2 Å². The maximum atomic E-state index is 11.6. The number of methoxy groups -OCH3 is 1. The monoisotopic (exact) mass is 396 g/mol. The van der Waals surface area contributed by atoms with Crippen LogP contribution in [0, 0.1) is 5.92 Å². The Hall–Kier alpha value is -1.57. The predicted octanol–water partition coefficient (Wildman–Crippen LogP) is 2.85. The zero-order valence-electron chi connectivity index (χ0n) is 15.4. The summed E-state index contributed by atoms with van der Waals surface area (Å²) in [7, 11) is 1.62. The van der Waals surface area contributed by atoms with E-state index in [0.717, 1.165) is 48.1 Å². The highest BCUT2D eigenvalue weighted by Crippen LogP contribution is 2.38. The number of rotatable bonds is 6. The van der Waals surface area contributed by atoms with Crippen LogP contribution in [0.2, 0.25) is 5.02 Å². The molecule has 1 saturated heterocycles. The number of fused-ring (bicyclic) bond motifs is 1. The minimum absolute atomic E-state index is 0.0383. The third-order valence-corrected chi connectivity index (χ3v) is 5.93. The molecule has 1 N–H and O–H groups in total. The van der Waals surface area contributed by atoms with Crippen LogP contribution >= 0.6 is 22.9 Å². The number of piperazine rings is 1. The summed E-state index contributed by atoms with van der Waals surface area (Å²) in [5.74, 6) is 0.799. The van der Waals surface area contributed by atoms with Crippen molar-refractivity contribution in [1.82, 2.24) is 15.2 Å². The van der Waals surface area contributed by atoms with E-state index in [9.17, 15) is 4.79 Å². The van der Waals surface area contributed by atoms with Crippen molar-refractivity contribution >= 4 is 44.2 Å². The van der Waals surface area contributed by atoms with Crippen LogP contribution < -0.4 is 15.0 Å². The quantitative estimate of drug-likeness (QED) is 0.813. The van der Waals surface area contributed by atoms with Gasteiger partial charge in [0.25, 0.3) is 0 Å². The number of benzene rings is 1. The lowest BCUT2D eigenvalue weighted by molar-refractivity contribution is -0.124. The number of hydrogen-bond acceptors (Lipinski definition) is 6. The van der Waals surface area contributed by atoms with Gasteiger partial charge in [0, 0.05) is 45.2 Å². The number of nitrogens with one attached hydrogen (secondary N) is 1. The summed E-state index contributed by atoms with van der Waals surface area (Å²) in [6.07, 6.45) is 0.